The minimum Gasteiger partial charge on any atom is -0.486 e. The highest BCUT2D eigenvalue weighted by Crippen LogP contribution is 2.32. The van der Waals surface area contributed by atoms with Crippen molar-refractivity contribution in [2.45, 2.75) is 0 Å². The third-order valence-corrected chi connectivity index (χ3v) is 3.79. The number of nitro benzene ring substituents is 1. The largest absolute Gasteiger partial charge is 0.486 e. The van der Waals surface area contributed by atoms with E-state index < -0.39 is 10.9 Å². The van der Waals surface area contributed by atoms with Crippen molar-refractivity contribution >= 4 is 23.6 Å². The van der Waals surface area contributed by atoms with E-state index >= 15 is 0 Å². The molecule has 2 aliphatic rings. The van der Waals surface area contributed by atoms with Crippen molar-refractivity contribution in [1.82, 2.24) is 0 Å². The van der Waals surface area contributed by atoms with Gasteiger partial charge in [-0.15, -0.1) is 0 Å². The molecule has 2 aliphatic heterocycles. The predicted molar refractivity (Wildman–Crippen MR) is 91.1 cm³/mol. The molecule has 2 aromatic carbocycles. The Morgan fingerprint density at radius 3 is 2.69 bits per heavy atom. The monoisotopic (exact) mass is 352 g/mol. The first-order valence-corrected chi connectivity index (χ1v) is 7.77. The average molecular weight is 352 g/mol. The normalized spacial score (nSPS) is 17.0. The molecular weight excluding hydrogens is 340 g/mol. The second-order valence-corrected chi connectivity index (χ2v) is 5.55. The molecule has 0 saturated heterocycles. The van der Waals surface area contributed by atoms with Crippen molar-refractivity contribution < 1.29 is 23.9 Å². The number of carbonyl (C=O) groups excluding carboxylic acids is 1. The van der Waals surface area contributed by atoms with Crippen LogP contribution in [0.1, 0.15) is 11.1 Å². The predicted octanol–water partition coefficient (Wildman–Crippen LogP) is 2.71. The van der Waals surface area contributed by atoms with Gasteiger partial charge in [0.1, 0.15) is 13.2 Å². The van der Waals surface area contributed by atoms with Crippen LogP contribution in [0, 0.1) is 10.1 Å². The van der Waals surface area contributed by atoms with E-state index in [1.165, 1.54) is 18.2 Å². The van der Waals surface area contributed by atoms with Crippen molar-refractivity contribution in [3.05, 3.63) is 69.4 Å². The molecule has 0 N–H and O–H groups in total. The van der Waals surface area contributed by atoms with Gasteiger partial charge in [0.25, 0.3) is 5.69 Å². The molecule has 130 valence electrons. The summed E-state index contributed by atoms with van der Waals surface area (Å²) in [7, 11) is 0. The van der Waals surface area contributed by atoms with Gasteiger partial charge in [-0.1, -0.05) is 12.1 Å². The number of ether oxygens (including phenoxy) is 3. The highest BCUT2D eigenvalue weighted by molar-refractivity contribution is 6.13. The molecule has 2 heterocycles. The van der Waals surface area contributed by atoms with Crippen LogP contribution in [0.25, 0.3) is 6.08 Å². The van der Waals surface area contributed by atoms with Gasteiger partial charge in [-0.05, 0) is 29.8 Å². The van der Waals surface area contributed by atoms with Gasteiger partial charge in [0.2, 0.25) is 5.90 Å². The molecule has 0 aliphatic carbocycles. The van der Waals surface area contributed by atoms with Gasteiger partial charge in [0.05, 0.1) is 4.92 Å². The Kier molecular flexibility index (Phi) is 3.85. The fourth-order valence-corrected chi connectivity index (χ4v) is 2.59. The van der Waals surface area contributed by atoms with E-state index in [1.54, 1.807) is 30.3 Å². The molecule has 0 saturated carbocycles. The minimum atomic E-state index is -0.624. The second-order valence-electron chi connectivity index (χ2n) is 5.55. The van der Waals surface area contributed by atoms with E-state index in [0.717, 1.165) is 0 Å². The molecule has 2 aromatic rings. The lowest BCUT2D eigenvalue weighted by molar-refractivity contribution is -0.384. The van der Waals surface area contributed by atoms with Crippen molar-refractivity contribution in [3.8, 4) is 11.5 Å². The molecule has 26 heavy (non-hydrogen) atoms. The summed E-state index contributed by atoms with van der Waals surface area (Å²) in [5.74, 6) is 0.650. The number of non-ortho nitro benzene ring substituents is 1. The third-order valence-electron chi connectivity index (χ3n) is 3.79. The summed E-state index contributed by atoms with van der Waals surface area (Å²) in [5, 5.41) is 10.9. The van der Waals surface area contributed by atoms with Crippen molar-refractivity contribution in [2.75, 3.05) is 13.2 Å². The van der Waals surface area contributed by atoms with E-state index in [0.29, 0.717) is 35.8 Å². The zero-order valence-corrected chi connectivity index (χ0v) is 13.4. The highest BCUT2D eigenvalue weighted by Gasteiger charge is 2.25. The number of hydrogen-bond acceptors (Lipinski definition) is 7. The fraction of sp³-hybridized carbons (Fsp3) is 0.111. The van der Waals surface area contributed by atoms with Gasteiger partial charge in [-0.25, -0.2) is 9.79 Å². The summed E-state index contributed by atoms with van der Waals surface area (Å²) < 4.78 is 16.1. The first-order valence-electron chi connectivity index (χ1n) is 7.77. The smallest absolute Gasteiger partial charge is 0.363 e. The molecule has 0 radical (unpaired) electrons. The van der Waals surface area contributed by atoms with Crippen LogP contribution < -0.4 is 9.47 Å². The Balaban J connectivity index is 1.65. The second kappa shape index (κ2) is 6.32. The summed E-state index contributed by atoms with van der Waals surface area (Å²) in [6, 6.07) is 11.0. The summed E-state index contributed by atoms with van der Waals surface area (Å²) in [4.78, 5) is 26.6. The van der Waals surface area contributed by atoms with Gasteiger partial charge in [-0.3, -0.25) is 10.1 Å². The summed E-state index contributed by atoms with van der Waals surface area (Å²) in [6.45, 7) is 0.959. The SMILES string of the molecule is O=C1OC(c2cccc([N+](=O)[O-])c2)=N/C1=C\c1ccc2c(c1)OCCO2. The molecule has 0 amide bonds. The average Bonchev–Trinajstić information content (AvgIpc) is 3.02. The number of hydrogen-bond donors (Lipinski definition) is 0. The lowest BCUT2D eigenvalue weighted by atomic mass is 10.1. The molecule has 8 heteroatoms. The number of benzene rings is 2. The van der Waals surface area contributed by atoms with Gasteiger partial charge < -0.3 is 14.2 Å². The quantitative estimate of drug-likeness (QED) is 0.364. The number of fused-ring (bicyclic) bond motifs is 1. The van der Waals surface area contributed by atoms with Crippen molar-refractivity contribution in [1.29, 1.82) is 0 Å². The van der Waals surface area contributed by atoms with E-state index in [2.05, 4.69) is 4.99 Å². The molecule has 8 nitrogen and oxygen atoms in total. The van der Waals surface area contributed by atoms with Gasteiger partial charge in [0.15, 0.2) is 17.2 Å². The molecular formula is C18H12N2O6. The van der Waals surface area contributed by atoms with E-state index in [1.807, 2.05) is 0 Å². The van der Waals surface area contributed by atoms with Gasteiger partial charge in [0, 0.05) is 17.7 Å². The summed E-state index contributed by atoms with van der Waals surface area (Å²) >= 11 is 0. The Morgan fingerprint density at radius 2 is 1.88 bits per heavy atom. The Morgan fingerprint density at radius 1 is 1.08 bits per heavy atom. The van der Waals surface area contributed by atoms with Gasteiger partial charge >= 0.3 is 5.97 Å². The topological polar surface area (TPSA) is 100 Å². The maximum atomic E-state index is 12.1. The molecule has 0 aromatic heterocycles. The van der Waals surface area contributed by atoms with Crippen LogP contribution in [0.15, 0.2) is 53.2 Å². The number of aliphatic imine (C=N–C) groups is 1. The molecule has 4 rings (SSSR count). The minimum absolute atomic E-state index is 0.0301. The first-order chi connectivity index (χ1) is 12.6. The van der Waals surface area contributed by atoms with Crippen LogP contribution in [0.5, 0.6) is 11.5 Å². The maximum absolute atomic E-state index is 12.1. The number of carbonyl (C=O) groups is 1. The third kappa shape index (κ3) is 3.00. The molecule has 0 fully saturated rings. The number of cyclic esters (lactones) is 1. The molecule has 0 bridgehead atoms. The Bertz CT molecular complexity index is 979. The molecule has 0 atom stereocenters. The highest BCUT2D eigenvalue weighted by atomic mass is 16.6. The molecule has 0 unspecified atom stereocenters. The first kappa shape index (κ1) is 15.8. The number of nitrogens with zero attached hydrogens (tertiary/aromatic N) is 2. The van der Waals surface area contributed by atoms with Crippen LogP contribution in [-0.4, -0.2) is 30.0 Å². The van der Waals surface area contributed by atoms with Crippen LogP contribution in [-0.2, 0) is 9.53 Å². The zero-order chi connectivity index (χ0) is 18.1. The van der Waals surface area contributed by atoms with Crippen molar-refractivity contribution in [3.63, 3.8) is 0 Å². The van der Waals surface area contributed by atoms with Crippen LogP contribution in [0.2, 0.25) is 0 Å². The van der Waals surface area contributed by atoms with Crippen LogP contribution >= 0.6 is 0 Å². The Hall–Kier alpha value is -3.68. The molecule has 0 spiro atoms. The fourth-order valence-electron chi connectivity index (χ4n) is 2.59. The van der Waals surface area contributed by atoms with E-state index in [4.69, 9.17) is 14.2 Å². The van der Waals surface area contributed by atoms with Crippen molar-refractivity contribution in [2.24, 2.45) is 4.99 Å². The van der Waals surface area contributed by atoms with Crippen LogP contribution in [0.4, 0.5) is 5.69 Å². The zero-order valence-electron chi connectivity index (χ0n) is 13.4. The standard InChI is InChI=1S/C18H12N2O6/c21-18-14(8-11-4-5-15-16(9-11)25-7-6-24-15)19-17(26-18)12-2-1-3-13(10-12)20(22)23/h1-5,8-10H,6-7H2/b14-8-. The Labute approximate surface area is 147 Å². The number of nitro groups is 1. The number of esters is 1. The number of rotatable bonds is 3. The lowest BCUT2D eigenvalue weighted by Gasteiger charge is -2.18. The van der Waals surface area contributed by atoms with E-state index in [-0.39, 0.29) is 17.3 Å². The maximum Gasteiger partial charge on any atom is 0.363 e. The summed E-state index contributed by atoms with van der Waals surface area (Å²) in [5.41, 5.74) is 1.05. The lowest BCUT2D eigenvalue weighted by Crippen LogP contribution is -2.15. The summed E-state index contributed by atoms with van der Waals surface area (Å²) in [6.07, 6.45) is 1.56. The van der Waals surface area contributed by atoms with Crippen LogP contribution in [0.3, 0.4) is 0 Å². The van der Waals surface area contributed by atoms with E-state index in [9.17, 15) is 14.9 Å². The van der Waals surface area contributed by atoms with Gasteiger partial charge in [-0.2, -0.15) is 0 Å².